The molecule has 0 saturated heterocycles. The molecule has 0 bridgehead atoms. The molecule has 0 N–H and O–H groups in total. The molecule has 1 aliphatic carbocycles. The maximum Gasteiger partial charge on any atom is 0.116 e. The molecular weight excluding hydrogens is 184 g/mol. The lowest BCUT2D eigenvalue weighted by Gasteiger charge is -2.10. The van der Waals surface area contributed by atoms with Gasteiger partial charge in [-0.1, -0.05) is 48.6 Å². The minimum absolute atomic E-state index is 0.628. The molecule has 1 aromatic carbocycles. The summed E-state index contributed by atoms with van der Waals surface area (Å²) in [5.41, 5.74) is 2.32. The largest absolute Gasteiger partial charge is 0.489 e. The third kappa shape index (κ3) is 2.84. The number of ether oxygens (including phenoxy) is 1. The highest BCUT2D eigenvalue weighted by Crippen LogP contribution is 2.15. The predicted octanol–water partition coefficient (Wildman–Crippen LogP) is 3.60. The Balaban J connectivity index is 1.90. The molecule has 0 amide bonds. The fourth-order valence-corrected chi connectivity index (χ4v) is 1.42. The van der Waals surface area contributed by atoms with E-state index in [1.165, 1.54) is 5.56 Å². The van der Waals surface area contributed by atoms with E-state index in [0.717, 1.165) is 17.8 Å². The number of hydrogen-bond donors (Lipinski definition) is 0. The Morgan fingerprint density at radius 2 is 1.93 bits per heavy atom. The first-order chi connectivity index (χ1) is 7.34. The third-order valence-corrected chi connectivity index (χ3v) is 2.30. The molecule has 76 valence electrons. The summed E-state index contributed by atoms with van der Waals surface area (Å²) in [6.45, 7) is 4.51. The van der Waals surface area contributed by atoms with Crippen LogP contribution in [0.3, 0.4) is 0 Å². The van der Waals surface area contributed by atoms with Crippen molar-refractivity contribution in [3.63, 3.8) is 0 Å². The van der Waals surface area contributed by atoms with Gasteiger partial charge in [0.05, 0.1) is 0 Å². The van der Waals surface area contributed by atoms with E-state index in [2.05, 4.69) is 24.8 Å². The molecule has 0 spiro atoms. The molecule has 1 heteroatoms. The van der Waals surface area contributed by atoms with E-state index in [4.69, 9.17) is 4.74 Å². The van der Waals surface area contributed by atoms with Gasteiger partial charge in [0.25, 0.3) is 0 Å². The summed E-state index contributed by atoms with van der Waals surface area (Å²) in [5.74, 6) is 0.936. The Bertz CT molecular complexity index is 399. The number of allylic oxidation sites excluding steroid dienone is 4. The van der Waals surface area contributed by atoms with Crippen LogP contribution in [-0.4, -0.2) is 0 Å². The van der Waals surface area contributed by atoms with Crippen molar-refractivity contribution in [1.82, 2.24) is 0 Å². The van der Waals surface area contributed by atoms with E-state index < -0.39 is 0 Å². The molecule has 0 heterocycles. The highest BCUT2D eigenvalue weighted by atomic mass is 16.5. The van der Waals surface area contributed by atoms with Crippen LogP contribution in [0.4, 0.5) is 0 Å². The fraction of sp³-hybridized carbons (Fsp3) is 0.143. The molecule has 1 nitrogen and oxygen atoms in total. The van der Waals surface area contributed by atoms with Crippen molar-refractivity contribution < 1.29 is 4.74 Å². The van der Waals surface area contributed by atoms with Gasteiger partial charge in [0, 0.05) is 0 Å². The van der Waals surface area contributed by atoms with E-state index in [-0.39, 0.29) is 0 Å². The smallest absolute Gasteiger partial charge is 0.116 e. The van der Waals surface area contributed by atoms with E-state index >= 15 is 0 Å². The second-order valence-electron chi connectivity index (χ2n) is 3.58. The monoisotopic (exact) mass is 198 g/mol. The summed E-state index contributed by atoms with van der Waals surface area (Å²) in [5, 5.41) is 0. The van der Waals surface area contributed by atoms with E-state index in [1.54, 1.807) is 0 Å². The summed E-state index contributed by atoms with van der Waals surface area (Å²) in [7, 11) is 0. The van der Waals surface area contributed by atoms with Gasteiger partial charge in [-0.05, 0) is 24.1 Å². The first-order valence-corrected chi connectivity index (χ1v) is 5.07. The zero-order chi connectivity index (χ0) is 10.5. The Morgan fingerprint density at radius 3 is 2.60 bits per heavy atom. The molecule has 1 aliphatic rings. The van der Waals surface area contributed by atoms with Crippen molar-refractivity contribution in [2.75, 3.05) is 0 Å². The van der Waals surface area contributed by atoms with Gasteiger partial charge >= 0.3 is 0 Å². The van der Waals surface area contributed by atoms with Crippen molar-refractivity contribution >= 4 is 0 Å². The van der Waals surface area contributed by atoms with E-state index in [1.807, 2.05) is 30.4 Å². The van der Waals surface area contributed by atoms with Crippen molar-refractivity contribution in [2.45, 2.75) is 13.0 Å². The minimum atomic E-state index is 0.628. The van der Waals surface area contributed by atoms with Crippen LogP contribution in [0, 0.1) is 0 Å². The quantitative estimate of drug-likeness (QED) is 0.721. The van der Waals surface area contributed by atoms with Gasteiger partial charge in [0.2, 0.25) is 0 Å². The van der Waals surface area contributed by atoms with Crippen LogP contribution in [0.5, 0.6) is 0 Å². The van der Waals surface area contributed by atoms with Crippen LogP contribution in [-0.2, 0) is 11.3 Å². The lowest BCUT2D eigenvalue weighted by atomic mass is 10.1. The number of rotatable bonds is 3. The Morgan fingerprint density at radius 1 is 1.13 bits per heavy atom. The average molecular weight is 198 g/mol. The maximum absolute atomic E-state index is 5.65. The van der Waals surface area contributed by atoms with Crippen LogP contribution in [0.15, 0.2) is 66.5 Å². The van der Waals surface area contributed by atoms with Gasteiger partial charge in [0.15, 0.2) is 0 Å². The van der Waals surface area contributed by atoms with Crippen molar-refractivity contribution in [2.24, 2.45) is 0 Å². The molecule has 0 aromatic heterocycles. The van der Waals surface area contributed by atoms with E-state index in [0.29, 0.717) is 6.61 Å². The van der Waals surface area contributed by atoms with Crippen LogP contribution < -0.4 is 0 Å². The molecule has 0 aliphatic heterocycles. The van der Waals surface area contributed by atoms with Gasteiger partial charge in [-0.15, -0.1) is 0 Å². The summed E-state index contributed by atoms with van der Waals surface area (Å²) in [6.07, 6.45) is 6.92. The predicted molar refractivity (Wildman–Crippen MR) is 62.2 cm³/mol. The summed E-state index contributed by atoms with van der Waals surface area (Å²) in [6, 6.07) is 10.2. The zero-order valence-corrected chi connectivity index (χ0v) is 8.65. The Labute approximate surface area is 90.4 Å². The van der Waals surface area contributed by atoms with Gasteiger partial charge in [-0.3, -0.25) is 0 Å². The van der Waals surface area contributed by atoms with Crippen molar-refractivity contribution in [3.8, 4) is 0 Å². The number of benzene rings is 1. The summed E-state index contributed by atoms with van der Waals surface area (Å²) in [4.78, 5) is 0. The zero-order valence-electron chi connectivity index (χ0n) is 8.65. The second kappa shape index (κ2) is 4.65. The highest BCUT2D eigenvalue weighted by Gasteiger charge is 2.00. The topological polar surface area (TPSA) is 9.23 Å². The van der Waals surface area contributed by atoms with Gasteiger partial charge in [-0.25, -0.2) is 0 Å². The first kappa shape index (κ1) is 9.78. The molecule has 2 rings (SSSR count). The minimum Gasteiger partial charge on any atom is -0.489 e. The second-order valence-corrected chi connectivity index (χ2v) is 3.58. The molecule has 0 radical (unpaired) electrons. The first-order valence-electron chi connectivity index (χ1n) is 5.07. The SMILES string of the molecule is C=C1C=CC(OCc2ccccc2)=CC1. The van der Waals surface area contributed by atoms with Crippen LogP contribution in [0.1, 0.15) is 12.0 Å². The normalized spacial score (nSPS) is 14.9. The maximum atomic E-state index is 5.65. The summed E-state index contributed by atoms with van der Waals surface area (Å²) < 4.78 is 5.65. The third-order valence-electron chi connectivity index (χ3n) is 2.30. The fourth-order valence-electron chi connectivity index (χ4n) is 1.42. The lowest BCUT2D eigenvalue weighted by molar-refractivity contribution is 0.209. The van der Waals surface area contributed by atoms with Crippen LogP contribution in [0.2, 0.25) is 0 Å². The van der Waals surface area contributed by atoms with E-state index in [9.17, 15) is 0 Å². The van der Waals surface area contributed by atoms with Gasteiger partial charge in [-0.2, -0.15) is 0 Å². The molecule has 15 heavy (non-hydrogen) atoms. The van der Waals surface area contributed by atoms with Crippen LogP contribution in [0.25, 0.3) is 0 Å². The van der Waals surface area contributed by atoms with Gasteiger partial charge in [0.1, 0.15) is 12.4 Å². The van der Waals surface area contributed by atoms with Gasteiger partial charge < -0.3 is 4.74 Å². The highest BCUT2D eigenvalue weighted by molar-refractivity contribution is 5.30. The molecular formula is C14H14O. The summed E-state index contributed by atoms with van der Waals surface area (Å²) >= 11 is 0. The van der Waals surface area contributed by atoms with Crippen molar-refractivity contribution in [1.29, 1.82) is 0 Å². The average Bonchev–Trinajstić information content (AvgIpc) is 2.30. The molecule has 0 atom stereocenters. The molecule has 0 saturated carbocycles. The van der Waals surface area contributed by atoms with Crippen LogP contribution >= 0.6 is 0 Å². The Hall–Kier alpha value is -1.76. The lowest BCUT2D eigenvalue weighted by Crippen LogP contribution is -1.94. The molecule has 1 aromatic rings. The Kier molecular flexibility index (Phi) is 3.03. The number of hydrogen-bond acceptors (Lipinski definition) is 1. The molecule has 0 unspecified atom stereocenters. The molecule has 0 fully saturated rings. The standard InChI is InChI=1S/C14H14O/c1-12-7-9-14(10-8-12)15-11-13-5-3-2-4-6-13/h2-7,9-10H,1,8,11H2. The van der Waals surface area contributed by atoms with Crippen molar-refractivity contribution in [3.05, 3.63) is 72.0 Å².